The van der Waals surface area contributed by atoms with Gasteiger partial charge in [0.05, 0.1) is 6.42 Å². The molecule has 94 valence electrons. The summed E-state index contributed by atoms with van der Waals surface area (Å²) in [6, 6.07) is 0. The van der Waals surface area contributed by atoms with Crippen LogP contribution in [0.5, 0.6) is 0 Å². The first-order chi connectivity index (χ1) is 7.57. The first-order valence-corrected chi connectivity index (χ1v) is 6.60. The minimum Gasteiger partial charge on any atom is -0.300 e. The largest absolute Gasteiger partial charge is 0.300 e. The molecule has 0 aromatic carbocycles. The van der Waals surface area contributed by atoms with Crippen molar-refractivity contribution in [2.24, 2.45) is 5.92 Å². The van der Waals surface area contributed by atoms with E-state index in [1.807, 2.05) is 6.92 Å². The number of carbonyl (C=O) groups excluding carboxylic acids is 2. The maximum Gasteiger partial charge on any atom is 0.143 e. The van der Waals surface area contributed by atoms with Crippen LogP contribution in [0.25, 0.3) is 0 Å². The van der Waals surface area contributed by atoms with Crippen LogP contribution in [0.1, 0.15) is 72.1 Å². The molecular weight excluding hydrogens is 200 g/mol. The average Bonchev–Trinajstić information content (AvgIpc) is 2.21. The molecule has 0 rings (SSSR count). The predicted octanol–water partition coefficient (Wildman–Crippen LogP) is 3.92. The minimum absolute atomic E-state index is 0.0141. The minimum atomic E-state index is -0.0141. The number of hydrogen-bond donors (Lipinski definition) is 0. The zero-order chi connectivity index (χ0) is 12.4. The van der Waals surface area contributed by atoms with E-state index in [1.54, 1.807) is 0 Å². The molecule has 0 aromatic rings. The van der Waals surface area contributed by atoms with Crippen LogP contribution >= 0.6 is 0 Å². The summed E-state index contributed by atoms with van der Waals surface area (Å²) >= 11 is 0. The van der Waals surface area contributed by atoms with Gasteiger partial charge in [0, 0.05) is 5.92 Å². The molecular formula is C14H26O2. The number of hydrogen-bond acceptors (Lipinski definition) is 2. The van der Waals surface area contributed by atoms with E-state index in [0.717, 1.165) is 12.8 Å². The smallest absolute Gasteiger partial charge is 0.143 e. The van der Waals surface area contributed by atoms with Crippen molar-refractivity contribution in [1.82, 2.24) is 0 Å². The van der Waals surface area contributed by atoms with Gasteiger partial charge >= 0.3 is 0 Å². The molecule has 0 radical (unpaired) electrons. The third-order valence-electron chi connectivity index (χ3n) is 2.96. The SMILES string of the molecule is CCCCCCCCC(C)C(=O)CC(C)=O. The fourth-order valence-corrected chi connectivity index (χ4v) is 1.81. The molecule has 0 fully saturated rings. The van der Waals surface area contributed by atoms with E-state index in [9.17, 15) is 9.59 Å². The Labute approximate surface area is 99.8 Å². The van der Waals surface area contributed by atoms with Gasteiger partial charge in [-0.25, -0.2) is 0 Å². The Morgan fingerprint density at radius 1 is 1.00 bits per heavy atom. The molecule has 2 nitrogen and oxygen atoms in total. The van der Waals surface area contributed by atoms with Gasteiger partial charge in [0.2, 0.25) is 0 Å². The summed E-state index contributed by atoms with van der Waals surface area (Å²) in [5.41, 5.74) is 0. The first-order valence-electron chi connectivity index (χ1n) is 6.60. The summed E-state index contributed by atoms with van der Waals surface area (Å²) in [6.45, 7) is 5.63. The maximum atomic E-state index is 11.5. The molecule has 0 aromatic heterocycles. The van der Waals surface area contributed by atoms with E-state index in [-0.39, 0.29) is 23.9 Å². The van der Waals surface area contributed by atoms with Crippen molar-refractivity contribution < 1.29 is 9.59 Å². The number of unbranched alkanes of at least 4 members (excludes halogenated alkanes) is 5. The van der Waals surface area contributed by atoms with Crippen molar-refractivity contribution >= 4 is 11.6 Å². The van der Waals surface area contributed by atoms with Crippen LogP contribution in [0.15, 0.2) is 0 Å². The predicted molar refractivity (Wildman–Crippen MR) is 67.5 cm³/mol. The Hall–Kier alpha value is -0.660. The molecule has 0 saturated heterocycles. The number of rotatable bonds is 10. The van der Waals surface area contributed by atoms with Crippen LogP contribution in [-0.2, 0) is 9.59 Å². The molecule has 0 bridgehead atoms. The van der Waals surface area contributed by atoms with Crippen molar-refractivity contribution in [3.05, 3.63) is 0 Å². The fraction of sp³-hybridized carbons (Fsp3) is 0.857. The van der Waals surface area contributed by atoms with Crippen LogP contribution in [0, 0.1) is 5.92 Å². The van der Waals surface area contributed by atoms with Crippen molar-refractivity contribution in [3.63, 3.8) is 0 Å². The van der Waals surface area contributed by atoms with Gasteiger partial charge in [-0.1, -0.05) is 52.4 Å². The Kier molecular flexibility index (Phi) is 9.16. The number of ketones is 2. The van der Waals surface area contributed by atoms with Crippen molar-refractivity contribution in [1.29, 1.82) is 0 Å². The van der Waals surface area contributed by atoms with Crippen LogP contribution in [-0.4, -0.2) is 11.6 Å². The summed E-state index contributed by atoms with van der Waals surface area (Å²) < 4.78 is 0. The molecule has 1 atom stereocenters. The van der Waals surface area contributed by atoms with Crippen LogP contribution in [0.2, 0.25) is 0 Å². The fourth-order valence-electron chi connectivity index (χ4n) is 1.81. The number of Topliss-reactive ketones (excluding diaryl/α,β-unsaturated/α-hetero) is 2. The second-order valence-corrected chi connectivity index (χ2v) is 4.80. The molecule has 0 N–H and O–H groups in total. The molecule has 0 aliphatic heterocycles. The summed E-state index contributed by atoms with van der Waals surface area (Å²) in [5.74, 6) is 0.163. The van der Waals surface area contributed by atoms with Gasteiger partial charge in [0.1, 0.15) is 11.6 Å². The van der Waals surface area contributed by atoms with Crippen molar-refractivity contribution in [3.8, 4) is 0 Å². The molecule has 0 heterocycles. The zero-order valence-electron chi connectivity index (χ0n) is 11.1. The van der Waals surface area contributed by atoms with Crippen LogP contribution < -0.4 is 0 Å². The molecule has 16 heavy (non-hydrogen) atoms. The highest BCUT2D eigenvalue weighted by Crippen LogP contribution is 2.14. The van der Waals surface area contributed by atoms with Gasteiger partial charge in [0.15, 0.2) is 0 Å². The van der Waals surface area contributed by atoms with E-state index in [4.69, 9.17) is 0 Å². The normalized spacial score (nSPS) is 12.4. The van der Waals surface area contributed by atoms with E-state index in [0.29, 0.717) is 0 Å². The van der Waals surface area contributed by atoms with Gasteiger partial charge < -0.3 is 0 Å². The average molecular weight is 226 g/mol. The molecule has 0 amide bonds. The second kappa shape index (κ2) is 9.56. The quantitative estimate of drug-likeness (QED) is 0.418. The highest BCUT2D eigenvalue weighted by Gasteiger charge is 2.13. The zero-order valence-corrected chi connectivity index (χ0v) is 11.1. The third-order valence-corrected chi connectivity index (χ3v) is 2.96. The molecule has 0 spiro atoms. The van der Waals surface area contributed by atoms with Gasteiger partial charge in [-0.05, 0) is 13.3 Å². The highest BCUT2D eigenvalue weighted by atomic mass is 16.1. The van der Waals surface area contributed by atoms with Crippen molar-refractivity contribution in [2.45, 2.75) is 72.1 Å². The van der Waals surface area contributed by atoms with Crippen molar-refractivity contribution in [2.75, 3.05) is 0 Å². The molecule has 0 aliphatic carbocycles. The lowest BCUT2D eigenvalue weighted by Crippen LogP contribution is -2.14. The second-order valence-electron chi connectivity index (χ2n) is 4.80. The highest BCUT2D eigenvalue weighted by molar-refractivity contribution is 5.98. The topological polar surface area (TPSA) is 34.1 Å². The Bertz CT molecular complexity index is 209. The Balaban J connectivity index is 3.46. The van der Waals surface area contributed by atoms with Gasteiger partial charge in [-0.3, -0.25) is 9.59 Å². The standard InChI is InChI=1S/C14H26O2/c1-4-5-6-7-8-9-10-12(2)14(16)11-13(3)15/h12H,4-11H2,1-3H3. The monoisotopic (exact) mass is 226 g/mol. The summed E-state index contributed by atoms with van der Waals surface area (Å²) in [6.07, 6.45) is 8.58. The lowest BCUT2D eigenvalue weighted by atomic mass is 9.95. The van der Waals surface area contributed by atoms with Gasteiger partial charge in [-0.2, -0.15) is 0 Å². The van der Waals surface area contributed by atoms with Crippen LogP contribution in [0.4, 0.5) is 0 Å². The van der Waals surface area contributed by atoms with E-state index >= 15 is 0 Å². The maximum absolute atomic E-state index is 11.5. The van der Waals surface area contributed by atoms with E-state index < -0.39 is 0 Å². The van der Waals surface area contributed by atoms with E-state index in [2.05, 4.69) is 6.92 Å². The first kappa shape index (κ1) is 15.3. The lowest BCUT2D eigenvalue weighted by molar-refractivity contribution is -0.128. The summed E-state index contributed by atoms with van der Waals surface area (Å²) in [7, 11) is 0. The van der Waals surface area contributed by atoms with Gasteiger partial charge in [-0.15, -0.1) is 0 Å². The molecule has 1 unspecified atom stereocenters. The third kappa shape index (κ3) is 8.63. The van der Waals surface area contributed by atoms with Gasteiger partial charge in [0.25, 0.3) is 0 Å². The molecule has 0 saturated carbocycles. The Morgan fingerprint density at radius 3 is 2.12 bits per heavy atom. The number of carbonyl (C=O) groups is 2. The summed E-state index contributed by atoms with van der Waals surface area (Å²) in [5, 5.41) is 0. The lowest BCUT2D eigenvalue weighted by Gasteiger charge is -2.08. The van der Waals surface area contributed by atoms with E-state index in [1.165, 1.54) is 39.0 Å². The Morgan fingerprint density at radius 2 is 1.56 bits per heavy atom. The van der Waals surface area contributed by atoms with Crippen LogP contribution in [0.3, 0.4) is 0 Å². The molecule has 0 aliphatic rings. The summed E-state index contributed by atoms with van der Waals surface area (Å²) in [4.78, 5) is 22.3. The molecule has 2 heteroatoms.